The van der Waals surface area contributed by atoms with E-state index in [9.17, 15) is 0 Å². The Labute approximate surface area is 144 Å². The Balaban J connectivity index is 1.96. The van der Waals surface area contributed by atoms with Crippen LogP contribution in [0.1, 0.15) is 31.9 Å². The average Bonchev–Trinajstić information content (AvgIpc) is 2.59. The van der Waals surface area contributed by atoms with Crippen molar-refractivity contribution in [3.8, 4) is 5.88 Å². The maximum atomic E-state index is 5.76. The van der Waals surface area contributed by atoms with Crippen molar-refractivity contribution in [2.24, 2.45) is 4.99 Å². The molecule has 1 heterocycles. The highest BCUT2D eigenvalue weighted by atomic mass is 16.5. The number of rotatable bonds is 7. The number of guanidine groups is 1. The maximum Gasteiger partial charge on any atom is 0.213 e. The molecule has 5 nitrogen and oxygen atoms in total. The first-order valence-electron chi connectivity index (χ1n) is 8.34. The van der Waals surface area contributed by atoms with Gasteiger partial charge in [-0.05, 0) is 38.0 Å². The summed E-state index contributed by atoms with van der Waals surface area (Å²) in [5, 5.41) is 6.54. The minimum atomic E-state index is 0.338. The summed E-state index contributed by atoms with van der Waals surface area (Å²) in [6.07, 6.45) is 1.76. The van der Waals surface area contributed by atoms with Gasteiger partial charge in [-0.25, -0.2) is 9.98 Å². The molecule has 128 valence electrons. The van der Waals surface area contributed by atoms with Crippen molar-refractivity contribution < 1.29 is 4.74 Å². The Bertz CT molecular complexity index is 641. The van der Waals surface area contributed by atoms with Crippen molar-refractivity contribution in [2.75, 3.05) is 6.54 Å². The van der Waals surface area contributed by atoms with E-state index in [1.807, 2.05) is 42.5 Å². The number of pyridine rings is 1. The highest BCUT2D eigenvalue weighted by Gasteiger charge is 2.02. The molecule has 0 fully saturated rings. The molecule has 0 unspecified atom stereocenters. The number of aromatic nitrogens is 1. The molecule has 0 aliphatic rings. The number of hydrogen-bond donors (Lipinski definition) is 2. The zero-order valence-electron chi connectivity index (χ0n) is 14.6. The first kappa shape index (κ1) is 17.8. The molecule has 0 atom stereocenters. The second kappa shape index (κ2) is 9.55. The van der Waals surface area contributed by atoms with Gasteiger partial charge in [-0.1, -0.05) is 30.3 Å². The van der Waals surface area contributed by atoms with E-state index < -0.39 is 0 Å². The van der Waals surface area contributed by atoms with Crippen molar-refractivity contribution in [3.63, 3.8) is 0 Å². The van der Waals surface area contributed by atoms with E-state index in [2.05, 4.69) is 41.4 Å². The molecule has 1 aromatic heterocycles. The molecular formula is C19H26N4O. The summed E-state index contributed by atoms with van der Waals surface area (Å²) in [7, 11) is 0. The van der Waals surface area contributed by atoms with E-state index in [0.717, 1.165) is 23.6 Å². The molecule has 0 saturated heterocycles. The lowest BCUT2D eigenvalue weighted by Gasteiger charge is -2.14. The van der Waals surface area contributed by atoms with E-state index in [-0.39, 0.29) is 0 Å². The van der Waals surface area contributed by atoms with E-state index >= 15 is 0 Å². The third-order valence-corrected chi connectivity index (χ3v) is 3.22. The molecule has 0 aliphatic carbocycles. The lowest BCUT2D eigenvalue weighted by atomic mass is 10.2. The fourth-order valence-corrected chi connectivity index (χ4v) is 2.12. The van der Waals surface area contributed by atoms with Crippen LogP contribution < -0.4 is 15.4 Å². The van der Waals surface area contributed by atoms with Gasteiger partial charge in [0.2, 0.25) is 5.88 Å². The van der Waals surface area contributed by atoms with Gasteiger partial charge >= 0.3 is 0 Å². The van der Waals surface area contributed by atoms with Gasteiger partial charge in [-0.15, -0.1) is 0 Å². The highest BCUT2D eigenvalue weighted by Crippen LogP contribution is 2.12. The molecule has 5 heteroatoms. The second-order valence-corrected chi connectivity index (χ2v) is 5.77. The predicted molar refractivity (Wildman–Crippen MR) is 98.1 cm³/mol. The van der Waals surface area contributed by atoms with Gasteiger partial charge in [0.15, 0.2) is 5.96 Å². The zero-order valence-corrected chi connectivity index (χ0v) is 14.6. The summed E-state index contributed by atoms with van der Waals surface area (Å²) in [5.74, 6) is 1.43. The Kier molecular flexibility index (Phi) is 7.08. The van der Waals surface area contributed by atoms with Gasteiger partial charge in [0.25, 0.3) is 0 Å². The molecule has 0 amide bonds. The minimum Gasteiger partial charge on any atom is -0.473 e. The van der Waals surface area contributed by atoms with E-state index in [4.69, 9.17) is 4.74 Å². The Morgan fingerprint density at radius 2 is 1.96 bits per heavy atom. The molecule has 2 aromatic rings. The van der Waals surface area contributed by atoms with Crippen molar-refractivity contribution >= 4 is 5.96 Å². The topological polar surface area (TPSA) is 58.5 Å². The van der Waals surface area contributed by atoms with Crippen LogP contribution in [0.25, 0.3) is 0 Å². The molecule has 0 aliphatic heterocycles. The van der Waals surface area contributed by atoms with Gasteiger partial charge in [-0.2, -0.15) is 0 Å². The standard InChI is InChI=1S/C19H26N4O/c1-4-20-19(23-15(2)3)22-13-17-10-11-21-18(12-17)24-14-16-8-6-5-7-9-16/h5-12,15H,4,13-14H2,1-3H3,(H2,20,22,23). The highest BCUT2D eigenvalue weighted by molar-refractivity contribution is 5.79. The van der Waals surface area contributed by atoms with Gasteiger partial charge in [-0.3, -0.25) is 0 Å². The smallest absolute Gasteiger partial charge is 0.213 e. The number of nitrogens with one attached hydrogen (secondary N) is 2. The summed E-state index contributed by atoms with van der Waals surface area (Å²) in [6.45, 7) is 8.16. The van der Waals surface area contributed by atoms with Crippen LogP contribution in [0.4, 0.5) is 0 Å². The number of hydrogen-bond acceptors (Lipinski definition) is 3. The molecule has 0 radical (unpaired) electrons. The van der Waals surface area contributed by atoms with E-state index in [0.29, 0.717) is 25.1 Å². The van der Waals surface area contributed by atoms with Crippen LogP contribution in [-0.2, 0) is 13.2 Å². The molecule has 24 heavy (non-hydrogen) atoms. The number of aliphatic imine (C=N–C) groups is 1. The van der Waals surface area contributed by atoms with Gasteiger partial charge in [0, 0.05) is 24.8 Å². The monoisotopic (exact) mass is 326 g/mol. The van der Waals surface area contributed by atoms with Crippen molar-refractivity contribution in [2.45, 2.75) is 40.0 Å². The van der Waals surface area contributed by atoms with Crippen LogP contribution in [0.15, 0.2) is 53.7 Å². The maximum absolute atomic E-state index is 5.76. The number of benzene rings is 1. The lowest BCUT2D eigenvalue weighted by Crippen LogP contribution is -2.40. The third kappa shape index (κ3) is 6.28. The van der Waals surface area contributed by atoms with Crippen molar-refractivity contribution in [1.29, 1.82) is 0 Å². The largest absolute Gasteiger partial charge is 0.473 e. The van der Waals surface area contributed by atoms with Crippen LogP contribution >= 0.6 is 0 Å². The summed E-state index contributed by atoms with van der Waals surface area (Å²) < 4.78 is 5.76. The number of nitrogens with zero attached hydrogens (tertiary/aromatic N) is 2. The Hall–Kier alpha value is -2.56. The normalized spacial score (nSPS) is 11.4. The van der Waals surface area contributed by atoms with Crippen molar-refractivity contribution in [3.05, 3.63) is 59.8 Å². The number of ether oxygens (including phenoxy) is 1. The van der Waals surface area contributed by atoms with Gasteiger partial charge in [0.1, 0.15) is 6.61 Å². The summed E-state index contributed by atoms with van der Waals surface area (Å²) >= 11 is 0. The molecular weight excluding hydrogens is 300 g/mol. The van der Waals surface area contributed by atoms with Crippen LogP contribution in [0.5, 0.6) is 5.88 Å². The van der Waals surface area contributed by atoms with Crippen LogP contribution in [0.3, 0.4) is 0 Å². The Morgan fingerprint density at radius 3 is 2.67 bits per heavy atom. The fraction of sp³-hybridized carbons (Fsp3) is 0.368. The van der Waals surface area contributed by atoms with E-state index in [1.54, 1.807) is 6.20 Å². The van der Waals surface area contributed by atoms with Crippen LogP contribution in [0.2, 0.25) is 0 Å². The second-order valence-electron chi connectivity index (χ2n) is 5.77. The quantitative estimate of drug-likeness (QED) is 0.606. The first-order valence-corrected chi connectivity index (χ1v) is 8.34. The average molecular weight is 326 g/mol. The third-order valence-electron chi connectivity index (χ3n) is 3.22. The van der Waals surface area contributed by atoms with E-state index in [1.165, 1.54) is 0 Å². The Morgan fingerprint density at radius 1 is 1.17 bits per heavy atom. The molecule has 0 bridgehead atoms. The fourth-order valence-electron chi connectivity index (χ4n) is 2.12. The first-order chi connectivity index (χ1) is 11.7. The van der Waals surface area contributed by atoms with Gasteiger partial charge in [0.05, 0.1) is 6.54 Å². The van der Waals surface area contributed by atoms with Crippen LogP contribution in [0, 0.1) is 0 Å². The molecule has 0 saturated carbocycles. The molecule has 0 spiro atoms. The summed E-state index contributed by atoms with van der Waals surface area (Å²) in [4.78, 5) is 8.86. The predicted octanol–water partition coefficient (Wildman–Crippen LogP) is 3.12. The molecule has 2 N–H and O–H groups in total. The minimum absolute atomic E-state index is 0.338. The summed E-state index contributed by atoms with van der Waals surface area (Å²) in [5.41, 5.74) is 2.19. The summed E-state index contributed by atoms with van der Waals surface area (Å²) in [6, 6.07) is 14.3. The molecule has 1 aromatic carbocycles. The zero-order chi connectivity index (χ0) is 17.2. The van der Waals surface area contributed by atoms with Crippen molar-refractivity contribution in [1.82, 2.24) is 15.6 Å². The molecule has 2 rings (SSSR count). The SMILES string of the molecule is CCNC(=NCc1ccnc(OCc2ccccc2)c1)NC(C)C. The van der Waals surface area contributed by atoms with Gasteiger partial charge < -0.3 is 15.4 Å². The lowest BCUT2D eigenvalue weighted by molar-refractivity contribution is 0.293. The van der Waals surface area contributed by atoms with Crippen LogP contribution in [-0.4, -0.2) is 23.5 Å².